The largest absolute Gasteiger partial charge is 0.497 e. The lowest BCUT2D eigenvalue weighted by Gasteiger charge is -2.35. The molecule has 0 saturated carbocycles. The van der Waals surface area contributed by atoms with Crippen molar-refractivity contribution < 1.29 is 19.1 Å². The van der Waals surface area contributed by atoms with E-state index in [-0.39, 0.29) is 17.6 Å². The molecule has 7 heteroatoms. The van der Waals surface area contributed by atoms with Gasteiger partial charge >= 0.3 is 0 Å². The van der Waals surface area contributed by atoms with Gasteiger partial charge in [0.05, 0.1) is 30.7 Å². The molecule has 0 bridgehead atoms. The molecule has 2 amide bonds. The van der Waals surface area contributed by atoms with Crippen LogP contribution in [0.5, 0.6) is 5.75 Å². The Hall–Kier alpha value is -3.90. The molecule has 3 aromatic rings. The van der Waals surface area contributed by atoms with E-state index in [0.29, 0.717) is 22.0 Å². The van der Waals surface area contributed by atoms with Crippen molar-refractivity contribution >= 4 is 41.0 Å². The van der Waals surface area contributed by atoms with E-state index < -0.39 is 23.9 Å². The lowest BCUT2D eigenvalue weighted by atomic mass is 9.83. The predicted octanol–water partition coefficient (Wildman–Crippen LogP) is 4.75. The third kappa shape index (κ3) is 3.21. The Kier molecular flexibility index (Phi) is 5.00. The number of hydrogen-bond donors (Lipinski definition) is 0. The molecule has 0 aromatic heterocycles. The van der Waals surface area contributed by atoms with Gasteiger partial charge in [-0.2, -0.15) is 0 Å². The monoisotopic (exact) mass is 484 g/mol. The van der Waals surface area contributed by atoms with Crippen molar-refractivity contribution in [3.8, 4) is 5.75 Å². The number of anilines is 1. The number of ketones is 1. The highest BCUT2D eigenvalue weighted by Crippen LogP contribution is 2.53. The van der Waals surface area contributed by atoms with Gasteiger partial charge in [-0.1, -0.05) is 41.9 Å². The molecule has 3 aromatic carbocycles. The summed E-state index contributed by atoms with van der Waals surface area (Å²) in [6, 6.07) is 20.1. The van der Waals surface area contributed by atoms with Gasteiger partial charge in [-0.05, 0) is 59.7 Å². The minimum Gasteiger partial charge on any atom is -0.497 e. The molecule has 0 N–H and O–H groups in total. The van der Waals surface area contributed by atoms with Crippen LogP contribution < -0.4 is 9.64 Å². The average molecular weight is 485 g/mol. The highest BCUT2D eigenvalue weighted by atomic mass is 35.5. The van der Waals surface area contributed by atoms with Crippen molar-refractivity contribution in [2.45, 2.75) is 12.1 Å². The molecular weight excluding hydrogens is 464 g/mol. The van der Waals surface area contributed by atoms with Crippen LogP contribution in [0.4, 0.5) is 5.69 Å². The summed E-state index contributed by atoms with van der Waals surface area (Å²) in [6.45, 7) is 0. The van der Waals surface area contributed by atoms with E-state index in [1.807, 2.05) is 41.4 Å². The highest BCUT2D eigenvalue weighted by Gasteiger charge is 2.64. The molecule has 6 rings (SSSR count). The number of halogens is 1. The zero-order valence-corrected chi connectivity index (χ0v) is 19.6. The Balaban J connectivity index is 1.48. The molecule has 0 unspecified atom stereocenters. The van der Waals surface area contributed by atoms with Gasteiger partial charge in [0.25, 0.3) is 0 Å². The van der Waals surface area contributed by atoms with Crippen molar-refractivity contribution in [1.29, 1.82) is 0 Å². The van der Waals surface area contributed by atoms with E-state index in [4.69, 9.17) is 16.3 Å². The summed E-state index contributed by atoms with van der Waals surface area (Å²) in [4.78, 5) is 44.7. The molecule has 0 radical (unpaired) electrons. The number of benzene rings is 3. The van der Waals surface area contributed by atoms with Crippen LogP contribution >= 0.6 is 11.6 Å². The number of fused-ring (bicyclic) bond motifs is 5. The first kappa shape index (κ1) is 21.6. The summed E-state index contributed by atoms with van der Waals surface area (Å²) in [5.41, 5.74) is 2.79. The van der Waals surface area contributed by atoms with Crippen LogP contribution in [0.15, 0.2) is 79.0 Å². The number of nitrogens with zero attached hydrogens (tertiary/aromatic N) is 2. The number of hydrogen-bond acceptors (Lipinski definition) is 5. The first-order valence-electron chi connectivity index (χ1n) is 11.4. The van der Waals surface area contributed by atoms with Gasteiger partial charge in [-0.25, -0.2) is 4.90 Å². The molecular formula is C28H21ClN2O4. The molecule has 2 saturated heterocycles. The Morgan fingerprint density at radius 1 is 0.914 bits per heavy atom. The summed E-state index contributed by atoms with van der Waals surface area (Å²) < 4.78 is 5.22. The van der Waals surface area contributed by atoms with E-state index in [2.05, 4.69) is 0 Å². The smallest absolute Gasteiger partial charge is 0.240 e. The number of carbonyl (C=O) groups excluding carboxylic acids is 3. The zero-order chi connectivity index (χ0) is 24.3. The second kappa shape index (κ2) is 8.10. The second-order valence-electron chi connectivity index (χ2n) is 8.92. The van der Waals surface area contributed by atoms with E-state index >= 15 is 0 Å². The van der Waals surface area contributed by atoms with Crippen LogP contribution in [0.25, 0.3) is 6.08 Å². The van der Waals surface area contributed by atoms with Gasteiger partial charge in [0.1, 0.15) is 11.8 Å². The van der Waals surface area contributed by atoms with Gasteiger partial charge in [-0.3, -0.25) is 14.4 Å². The summed E-state index contributed by atoms with van der Waals surface area (Å²) in [5, 5.41) is 0.429. The molecule has 3 aliphatic heterocycles. The van der Waals surface area contributed by atoms with Crippen molar-refractivity contribution in [1.82, 2.24) is 4.90 Å². The lowest BCUT2D eigenvalue weighted by Crippen LogP contribution is -2.44. The number of amides is 2. The van der Waals surface area contributed by atoms with Crippen LogP contribution in [-0.2, 0) is 9.59 Å². The predicted molar refractivity (Wildman–Crippen MR) is 132 cm³/mol. The van der Waals surface area contributed by atoms with Crippen LogP contribution in [-0.4, -0.2) is 35.6 Å². The molecule has 0 aliphatic carbocycles. The maximum atomic E-state index is 13.9. The Bertz CT molecular complexity index is 1400. The Morgan fingerprint density at radius 2 is 1.66 bits per heavy atom. The fourth-order valence-electron chi connectivity index (χ4n) is 5.65. The maximum absolute atomic E-state index is 13.9. The summed E-state index contributed by atoms with van der Waals surface area (Å²) in [5.74, 6) is -1.78. The molecule has 2 fully saturated rings. The van der Waals surface area contributed by atoms with E-state index in [0.717, 1.165) is 11.1 Å². The first-order chi connectivity index (χ1) is 17.0. The SMILES string of the molecule is COc1ccc(C(=O)[C@@H]2[C@@H]3C(=O)N(c4cccc(Cl)c4)C(=O)[C@@H]3[C@@H]3c4ccccc4C=CN23)cc1. The molecule has 4 atom stereocenters. The third-order valence-corrected chi connectivity index (χ3v) is 7.41. The van der Waals surface area contributed by atoms with E-state index in [1.165, 1.54) is 4.90 Å². The van der Waals surface area contributed by atoms with Gasteiger partial charge in [-0.15, -0.1) is 0 Å². The molecule has 3 aliphatic rings. The summed E-state index contributed by atoms with van der Waals surface area (Å²) >= 11 is 6.17. The van der Waals surface area contributed by atoms with Crippen molar-refractivity contribution in [3.05, 3.63) is 101 Å². The van der Waals surface area contributed by atoms with Gasteiger partial charge in [0.15, 0.2) is 5.78 Å². The standard InChI is InChI=1S/C28H21ClN2O4/c1-35-20-11-9-17(10-12-20)26(32)25-23-22(24-21-8-3-2-5-16(21)13-14-30(24)25)27(33)31(28(23)34)19-7-4-6-18(29)15-19/h2-15,22-25H,1H3/t22-,23+,24-,25-/m0/s1. The Morgan fingerprint density at radius 3 is 2.40 bits per heavy atom. The summed E-state index contributed by atoms with van der Waals surface area (Å²) in [7, 11) is 1.56. The van der Waals surface area contributed by atoms with Crippen LogP contribution in [0.1, 0.15) is 27.5 Å². The van der Waals surface area contributed by atoms with Crippen molar-refractivity contribution in [2.24, 2.45) is 11.8 Å². The van der Waals surface area contributed by atoms with Gasteiger partial charge in [0.2, 0.25) is 11.8 Å². The topological polar surface area (TPSA) is 66.9 Å². The molecule has 174 valence electrons. The first-order valence-corrected chi connectivity index (χ1v) is 11.7. The number of imide groups is 1. The fourth-order valence-corrected chi connectivity index (χ4v) is 5.84. The van der Waals surface area contributed by atoms with Crippen molar-refractivity contribution in [2.75, 3.05) is 12.0 Å². The number of carbonyl (C=O) groups is 3. The number of Topliss-reactive ketones (excluding diaryl/α,β-unsaturated/α-hetero) is 1. The minimum absolute atomic E-state index is 0.205. The van der Waals surface area contributed by atoms with Crippen LogP contribution in [0, 0.1) is 11.8 Å². The molecule has 0 spiro atoms. The average Bonchev–Trinajstić information content (AvgIpc) is 3.36. The molecule has 35 heavy (non-hydrogen) atoms. The minimum atomic E-state index is -0.822. The summed E-state index contributed by atoms with van der Waals surface area (Å²) in [6.07, 6.45) is 3.78. The number of rotatable bonds is 4. The van der Waals surface area contributed by atoms with Crippen molar-refractivity contribution in [3.63, 3.8) is 0 Å². The lowest BCUT2D eigenvalue weighted by molar-refractivity contribution is -0.123. The molecule has 3 heterocycles. The zero-order valence-electron chi connectivity index (χ0n) is 18.8. The van der Waals surface area contributed by atoms with Crippen LogP contribution in [0.2, 0.25) is 5.02 Å². The quantitative estimate of drug-likeness (QED) is 0.395. The number of methoxy groups -OCH3 is 1. The van der Waals surface area contributed by atoms with E-state index in [9.17, 15) is 14.4 Å². The Labute approximate surface area is 207 Å². The molecule has 6 nitrogen and oxygen atoms in total. The van der Waals surface area contributed by atoms with Gasteiger partial charge in [0, 0.05) is 16.8 Å². The van der Waals surface area contributed by atoms with Gasteiger partial charge < -0.3 is 9.64 Å². The van der Waals surface area contributed by atoms with Crippen LogP contribution in [0.3, 0.4) is 0 Å². The van der Waals surface area contributed by atoms with E-state index in [1.54, 1.807) is 55.6 Å². The normalized spacial score (nSPS) is 24.3. The second-order valence-corrected chi connectivity index (χ2v) is 9.35. The third-order valence-electron chi connectivity index (χ3n) is 7.17. The number of ether oxygens (including phenoxy) is 1. The maximum Gasteiger partial charge on any atom is 0.240 e. The fraction of sp³-hybridized carbons (Fsp3) is 0.179. The highest BCUT2D eigenvalue weighted by molar-refractivity contribution is 6.31.